The van der Waals surface area contributed by atoms with Gasteiger partial charge in [0.25, 0.3) is 11.4 Å². The van der Waals surface area contributed by atoms with Crippen LogP contribution in [0.25, 0.3) is 11.5 Å². The van der Waals surface area contributed by atoms with Crippen molar-refractivity contribution in [1.29, 1.82) is 0 Å². The van der Waals surface area contributed by atoms with Crippen LogP contribution in [0, 0.1) is 5.41 Å². The van der Waals surface area contributed by atoms with Crippen LogP contribution in [0.1, 0.15) is 62.6 Å². The molecule has 1 spiro atoms. The minimum Gasteiger partial charge on any atom is -0.403 e. The molecule has 5 rings (SSSR count). The molecule has 8 nitrogen and oxygen atoms in total. The summed E-state index contributed by atoms with van der Waals surface area (Å²) in [6.07, 6.45) is 1.15. The Labute approximate surface area is 181 Å². The van der Waals surface area contributed by atoms with Crippen LogP contribution in [-0.4, -0.2) is 45.1 Å². The molecule has 3 aliphatic rings. The number of rotatable bonds is 5. The standard InChI is InChI=1S/C21H24F3N5O3/c1-11(18(31)29-8-6-20(4-5-20)7-9-29)25-19-28-27-17(32-19)14-10-13(12-2-3-12)15(21(22,23)24)26-16(14)30/h10-12H,2-9H2,1H3,(H,25,28)(H,26,30)/t11-/m0/s1. The van der Waals surface area contributed by atoms with Gasteiger partial charge in [0.2, 0.25) is 5.91 Å². The summed E-state index contributed by atoms with van der Waals surface area (Å²) in [7, 11) is 0. The molecule has 1 saturated heterocycles. The number of nitrogens with zero attached hydrogens (tertiary/aromatic N) is 3. The van der Waals surface area contributed by atoms with E-state index in [9.17, 15) is 22.8 Å². The van der Waals surface area contributed by atoms with Gasteiger partial charge in [0.15, 0.2) is 0 Å². The second-order valence-corrected chi connectivity index (χ2v) is 9.22. The molecule has 2 aromatic heterocycles. The summed E-state index contributed by atoms with van der Waals surface area (Å²) in [5.74, 6) is -0.527. The Balaban J connectivity index is 1.31. The lowest BCUT2D eigenvalue weighted by atomic mass is 9.93. The minimum atomic E-state index is -4.65. The maximum atomic E-state index is 13.3. The summed E-state index contributed by atoms with van der Waals surface area (Å²) in [6, 6.07) is 0.500. The van der Waals surface area contributed by atoms with E-state index in [1.165, 1.54) is 18.9 Å². The molecule has 0 unspecified atom stereocenters. The average Bonchev–Trinajstić information content (AvgIpc) is 3.67. The maximum Gasteiger partial charge on any atom is 0.431 e. The first kappa shape index (κ1) is 21.0. The number of amides is 1. The number of carbonyl (C=O) groups excluding carboxylic acids is 1. The molecule has 32 heavy (non-hydrogen) atoms. The van der Waals surface area contributed by atoms with Gasteiger partial charge < -0.3 is 19.6 Å². The van der Waals surface area contributed by atoms with Gasteiger partial charge in [-0.15, -0.1) is 5.10 Å². The second-order valence-electron chi connectivity index (χ2n) is 9.22. The van der Waals surface area contributed by atoms with E-state index < -0.39 is 23.5 Å². The summed E-state index contributed by atoms with van der Waals surface area (Å²) in [5.41, 5.74) is -1.61. The van der Waals surface area contributed by atoms with Gasteiger partial charge >= 0.3 is 12.2 Å². The highest BCUT2D eigenvalue weighted by molar-refractivity contribution is 5.83. The van der Waals surface area contributed by atoms with Crippen LogP contribution in [0.4, 0.5) is 19.2 Å². The van der Waals surface area contributed by atoms with Crippen molar-refractivity contribution in [3.8, 4) is 11.5 Å². The number of H-pyrrole nitrogens is 1. The molecule has 3 fully saturated rings. The molecule has 0 aromatic carbocycles. The van der Waals surface area contributed by atoms with Crippen LogP contribution in [0.3, 0.4) is 0 Å². The van der Waals surface area contributed by atoms with Crippen molar-refractivity contribution in [2.75, 3.05) is 18.4 Å². The zero-order valence-electron chi connectivity index (χ0n) is 17.6. The predicted octanol–water partition coefficient (Wildman–Crippen LogP) is 3.52. The summed E-state index contributed by atoms with van der Waals surface area (Å²) in [5, 5.41) is 10.5. The van der Waals surface area contributed by atoms with Gasteiger partial charge in [-0.3, -0.25) is 9.59 Å². The summed E-state index contributed by atoms with van der Waals surface area (Å²) in [4.78, 5) is 28.8. The van der Waals surface area contributed by atoms with Crippen LogP contribution in [0.5, 0.6) is 0 Å². The van der Waals surface area contributed by atoms with Crippen molar-refractivity contribution in [3.63, 3.8) is 0 Å². The highest BCUT2D eigenvalue weighted by atomic mass is 19.4. The highest BCUT2D eigenvalue weighted by Crippen LogP contribution is 2.53. The summed E-state index contributed by atoms with van der Waals surface area (Å²) < 4.78 is 45.4. The number of anilines is 1. The first-order chi connectivity index (χ1) is 15.2. The van der Waals surface area contributed by atoms with E-state index in [1.54, 1.807) is 6.92 Å². The van der Waals surface area contributed by atoms with Crippen LogP contribution in [-0.2, 0) is 11.0 Å². The quantitative estimate of drug-likeness (QED) is 0.721. The molecular weight excluding hydrogens is 427 g/mol. The molecular formula is C21H24F3N5O3. The smallest absolute Gasteiger partial charge is 0.403 e. The van der Waals surface area contributed by atoms with E-state index in [2.05, 4.69) is 15.5 Å². The van der Waals surface area contributed by atoms with E-state index in [-0.39, 0.29) is 34.9 Å². The maximum absolute atomic E-state index is 13.3. The van der Waals surface area contributed by atoms with Crippen molar-refractivity contribution in [2.24, 2.45) is 5.41 Å². The van der Waals surface area contributed by atoms with E-state index in [0.29, 0.717) is 18.3 Å². The second kappa shape index (κ2) is 7.35. The number of aromatic amines is 1. The van der Waals surface area contributed by atoms with Gasteiger partial charge in [0.05, 0.1) is 0 Å². The number of likely N-dealkylation sites (tertiary alicyclic amines) is 1. The van der Waals surface area contributed by atoms with Crippen molar-refractivity contribution >= 4 is 11.9 Å². The lowest BCUT2D eigenvalue weighted by molar-refractivity contribution is -0.142. The van der Waals surface area contributed by atoms with Gasteiger partial charge in [-0.05, 0) is 68.4 Å². The number of pyridine rings is 1. The number of alkyl halides is 3. The van der Waals surface area contributed by atoms with E-state index in [1.807, 2.05) is 9.88 Å². The number of aromatic nitrogens is 3. The van der Waals surface area contributed by atoms with Gasteiger partial charge in [-0.2, -0.15) is 13.2 Å². The van der Waals surface area contributed by atoms with Crippen LogP contribution in [0.15, 0.2) is 15.3 Å². The van der Waals surface area contributed by atoms with Crippen LogP contribution < -0.4 is 10.9 Å². The SMILES string of the molecule is C[C@H](Nc1nnc(-c2cc(C3CC3)c(C(F)(F)F)[nH]c2=O)o1)C(=O)N1CCC2(CC1)CC2. The third-order valence-corrected chi connectivity index (χ3v) is 6.83. The molecule has 3 heterocycles. The van der Waals surface area contributed by atoms with Gasteiger partial charge in [-0.1, -0.05) is 5.10 Å². The van der Waals surface area contributed by atoms with Gasteiger partial charge in [0.1, 0.15) is 17.3 Å². The molecule has 2 N–H and O–H groups in total. The molecule has 1 amide bonds. The third-order valence-electron chi connectivity index (χ3n) is 6.83. The normalized spacial score (nSPS) is 20.9. The number of carbonyl (C=O) groups is 1. The molecule has 2 aromatic rings. The minimum absolute atomic E-state index is 0.0295. The van der Waals surface area contributed by atoms with Crippen molar-refractivity contribution in [1.82, 2.24) is 20.1 Å². The third kappa shape index (κ3) is 4.00. The first-order valence-corrected chi connectivity index (χ1v) is 10.9. The molecule has 0 bridgehead atoms. The van der Waals surface area contributed by atoms with Crippen LogP contribution >= 0.6 is 0 Å². The lowest BCUT2D eigenvalue weighted by Crippen LogP contribution is -2.45. The highest BCUT2D eigenvalue weighted by Gasteiger charge is 2.45. The Morgan fingerprint density at radius 2 is 1.94 bits per heavy atom. The first-order valence-electron chi connectivity index (χ1n) is 10.9. The number of hydrogen-bond donors (Lipinski definition) is 2. The average molecular weight is 451 g/mol. The van der Waals surface area contributed by atoms with Gasteiger partial charge in [-0.25, -0.2) is 0 Å². The topological polar surface area (TPSA) is 104 Å². The zero-order chi connectivity index (χ0) is 22.7. The Morgan fingerprint density at radius 3 is 2.53 bits per heavy atom. The molecule has 1 aliphatic heterocycles. The molecule has 172 valence electrons. The molecule has 2 saturated carbocycles. The zero-order valence-corrected chi connectivity index (χ0v) is 17.6. The Morgan fingerprint density at radius 1 is 1.25 bits per heavy atom. The van der Waals surface area contributed by atoms with Crippen LogP contribution in [0.2, 0.25) is 0 Å². The molecule has 2 aliphatic carbocycles. The monoisotopic (exact) mass is 451 g/mol. The fourth-order valence-corrected chi connectivity index (χ4v) is 4.45. The summed E-state index contributed by atoms with van der Waals surface area (Å²) in [6.45, 7) is 3.14. The predicted molar refractivity (Wildman–Crippen MR) is 108 cm³/mol. The molecule has 1 atom stereocenters. The number of nitrogens with one attached hydrogen (secondary N) is 2. The Kier molecular flexibility index (Phi) is 4.82. The van der Waals surface area contributed by atoms with E-state index in [4.69, 9.17) is 4.42 Å². The van der Waals surface area contributed by atoms with E-state index >= 15 is 0 Å². The number of hydrogen-bond acceptors (Lipinski definition) is 6. The molecule has 0 radical (unpaired) electrons. The fraction of sp³-hybridized carbons (Fsp3) is 0.619. The van der Waals surface area contributed by atoms with Crippen molar-refractivity contribution in [3.05, 3.63) is 27.7 Å². The lowest BCUT2D eigenvalue weighted by Gasteiger charge is -2.33. The Bertz CT molecular complexity index is 1090. The van der Waals surface area contributed by atoms with Gasteiger partial charge in [0, 0.05) is 13.1 Å². The van der Waals surface area contributed by atoms with Crippen molar-refractivity contribution in [2.45, 2.75) is 63.6 Å². The molecule has 11 heteroatoms. The number of halogens is 3. The fourth-order valence-electron chi connectivity index (χ4n) is 4.45. The summed E-state index contributed by atoms with van der Waals surface area (Å²) >= 11 is 0. The number of piperidine rings is 1. The largest absolute Gasteiger partial charge is 0.431 e. The Hall–Kier alpha value is -2.85. The van der Waals surface area contributed by atoms with Crippen molar-refractivity contribution < 1.29 is 22.4 Å². The van der Waals surface area contributed by atoms with E-state index in [0.717, 1.165) is 25.9 Å².